The van der Waals surface area contributed by atoms with Crippen molar-refractivity contribution in [2.45, 2.75) is 198 Å². The second-order valence-electron chi connectivity index (χ2n) is 13.9. The summed E-state index contributed by atoms with van der Waals surface area (Å²) in [5, 5.41) is 0. The van der Waals surface area contributed by atoms with Crippen LogP contribution in [0, 0.1) is 0 Å². The summed E-state index contributed by atoms with van der Waals surface area (Å²) < 4.78 is 13.7. The minimum absolute atomic E-state index is 0.284. The van der Waals surface area contributed by atoms with E-state index in [0.29, 0.717) is 6.04 Å². The lowest BCUT2D eigenvalue weighted by molar-refractivity contribution is -0.200. The summed E-state index contributed by atoms with van der Waals surface area (Å²) in [5.74, 6) is -0.303. The Balaban J connectivity index is 1.63. The normalized spacial score (nSPS) is 24.5. The Morgan fingerprint density at radius 3 is 1.36 bits per heavy atom. The topological polar surface area (TPSA) is 21.7 Å². The average Bonchev–Trinajstić information content (AvgIpc) is 3.35. The van der Waals surface area contributed by atoms with Gasteiger partial charge in [-0.05, 0) is 104 Å². The van der Waals surface area contributed by atoms with E-state index in [0.717, 1.165) is 32.1 Å². The van der Waals surface area contributed by atoms with Crippen LogP contribution >= 0.6 is 0 Å². The van der Waals surface area contributed by atoms with Crippen molar-refractivity contribution in [2.75, 3.05) is 14.1 Å². The first-order valence-corrected chi connectivity index (χ1v) is 19.2. The lowest BCUT2D eigenvalue weighted by Gasteiger charge is -2.38. The van der Waals surface area contributed by atoms with Crippen LogP contribution < -0.4 is 0 Å². The zero-order chi connectivity index (χ0) is 31.6. The fourth-order valence-corrected chi connectivity index (χ4v) is 6.80. The van der Waals surface area contributed by atoms with Crippen molar-refractivity contribution in [3.05, 3.63) is 48.6 Å². The van der Waals surface area contributed by atoms with E-state index in [2.05, 4.69) is 81.5 Å². The van der Waals surface area contributed by atoms with Gasteiger partial charge in [0.25, 0.3) is 0 Å². The molecule has 2 aliphatic rings. The van der Waals surface area contributed by atoms with Crippen LogP contribution in [-0.2, 0) is 9.47 Å². The molecule has 1 spiro atoms. The molecule has 2 unspecified atom stereocenters. The number of unbranched alkanes of at least 4 members (excludes halogenated alkanes) is 13. The Morgan fingerprint density at radius 2 is 0.909 bits per heavy atom. The average molecular weight is 612 g/mol. The highest BCUT2D eigenvalue weighted by atomic mass is 16.8. The molecule has 0 radical (unpaired) electrons. The predicted molar refractivity (Wildman–Crippen MR) is 193 cm³/mol. The summed E-state index contributed by atoms with van der Waals surface area (Å²) in [7, 11) is 4.43. The van der Waals surface area contributed by atoms with Gasteiger partial charge in [0.15, 0.2) is 5.79 Å². The zero-order valence-corrected chi connectivity index (χ0v) is 29.8. The van der Waals surface area contributed by atoms with Crippen molar-refractivity contribution in [1.82, 2.24) is 4.90 Å². The number of hydrogen-bond donors (Lipinski definition) is 0. The Morgan fingerprint density at radius 1 is 0.523 bits per heavy atom. The molecule has 2 rings (SSSR count). The summed E-state index contributed by atoms with van der Waals surface area (Å²) in [6.45, 7) is 4.54. The Bertz CT molecular complexity index is 773. The maximum atomic E-state index is 6.83. The monoisotopic (exact) mass is 612 g/mol. The molecule has 1 aliphatic carbocycles. The fraction of sp³-hybridized carbons (Fsp3) is 0.805. The van der Waals surface area contributed by atoms with Crippen LogP contribution in [0.15, 0.2) is 48.6 Å². The number of allylic oxidation sites excluding steroid dienone is 8. The van der Waals surface area contributed by atoms with Crippen molar-refractivity contribution in [2.24, 2.45) is 0 Å². The minimum Gasteiger partial charge on any atom is -0.344 e. The molecule has 1 aliphatic heterocycles. The molecule has 1 heterocycles. The van der Waals surface area contributed by atoms with Gasteiger partial charge in [-0.2, -0.15) is 0 Å². The summed E-state index contributed by atoms with van der Waals surface area (Å²) in [6.07, 6.45) is 50.4. The highest BCUT2D eigenvalue weighted by molar-refractivity contribution is 4.94. The Kier molecular flexibility index (Phi) is 23.0. The summed E-state index contributed by atoms with van der Waals surface area (Å²) >= 11 is 0. The van der Waals surface area contributed by atoms with E-state index >= 15 is 0 Å². The second-order valence-corrected chi connectivity index (χ2v) is 13.9. The minimum atomic E-state index is -0.303. The van der Waals surface area contributed by atoms with Crippen LogP contribution in [0.25, 0.3) is 0 Å². The molecule has 2 fully saturated rings. The van der Waals surface area contributed by atoms with Gasteiger partial charge < -0.3 is 14.4 Å². The van der Waals surface area contributed by atoms with Gasteiger partial charge in [0.05, 0.1) is 12.2 Å². The van der Waals surface area contributed by atoms with Crippen molar-refractivity contribution >= 4 is 0 Å². The molecule has 254 valence electrons. The zero-order valence-electron chi connectivity index (χ0n) is 29.8. The van der Waals surface area contributed by atoms with Crippen LogP contribution in [0.5, 0.6) is 0 Å². The van der Waals surface area contributed by atoms with E-state index in [-0.39, 0.29) is 18.0 Å². The van der Waals surface area contributed by atoms with Crippen LogP contribution in [0.2, 0.25) is 0 Å². The summed E-state index contributed by atoms with van der Waals surface area (Å²) in [5.41, 5.74) is 0. The van der Waals surface area contributed by atoms with E-state index in [9.17, 15) is 0 Å². The first kappa shape index (κ1) is 39.0. The third kappa shape index (κ3) is 18.1. The van der Waals surface area contributed by atoms with Gasteiger partial charge in [0.2, 0.25) is 0 Å². The first-order valence-electron chi connectivity index (χ1n) is 19.2. The molecule has 1 saturated heterocycles. The number of ether oxygens (including phenoxy) is 2. The number of rotatable bonds is 26. The van der Waals surface area contributed by atoms with E-state index < -0.39 is 0 Å². The molecule has 0 aromatic heterocycles. The van der Waals surface area contributed by atoms with Gasteiger partial charge in [-0.1, -0.05) is 120 Å². The maximum absolute atomic E-state index is 6.83. The first-order chi connectivity index (χ1) is 21.6. The highest BCUT2D eigenvalue weighted by Gasteiger charge is 2.48. The third-order valence-corrected chi connectivity index (χ3v) is 9.72. The molecule has 0 bridgehead atoms. The lowest BCUT2D eigenvalue weighted by atomic mass is 9.89. The SMILES string of the molecule is CCCCC/C=C\C/C=C\CCCCCCCC1OC2(CCC(N(C)C)CC2)OC1CCCC/C=C\C/C=C\CCCCC. The highest BCUT2D eigenvalue weighted by Crippen LogP contribution is 2.43. The summed E-state index contributed by atoms with van der Waals surface area (Å²) in [6, 6.07) is 0.671. The van der Waals surface area contributed by atoms with Gasteiger partial charge in [0, 0.05) is 18.9 Å². The van der Waals surface area contributed by atoms with Crippen molar-refractivity contribution in [1.29, 1.82) is 0 Å². The molecular formula is C41H73NO2. The predicted octanol–water partition coefficient (Wildman–Crippen LogP) is 12.4. The quantitative estimate of drug-likeness (QED) is 0.0717. The maximum Gasteiger partial charge on any atom is 0.169 e. The second kappa shape index (κ2) is 26.0. The van der Waals surface area contributed by atoms with Crippen molar-refractivity contribution < 1.29 is 9.47 Å². The van der Waals surface area contributed by atoms with Gasteiger partial charge in [-0.3, -0.25) is 0 Å². The largest absolute Gasteiger partial charge is 0.344 e. The lowest BCUT2D eigenvalue weighted by Crippen LogP contribution is -2.42. The molecule has 0 N–H and O–H groups in total. The Labute approximate surface area is 275 Å². The van der Waals surface area contributed by atoms with Crippen LogP contribution in [0.4, 0.5) is 0 Å². The molecule has 44 heavy (non-hydrogen) atoms. The molecular weight excluding hydrogens is 538 g/mol. The smallest absolute Gasteiger partial charge is 0.169 e. The van der Waals surface area contributed by atoms with Gasteiger partial charge in [0.1, 0.15) is 0 Å². The molecule has 3 heteroatoms. The van der Waals surface area contributed by atoms with E-state index in [4.69, 9.17) is 9.47 Å². The number of nitrogens with zero attached hydrogens (tertiary/aromatic N) is 1. The van der Waals surface area contributed by atoms with Crippen LogP contribution in [0.3, 0.4) is 0 Å². The summed E-state index contributed by atoms with van der Waals surface area (Å²) in [4.78, 5) is 2.38. The Hall–Kier alpha value is -1.16. The fourth-order valence-electron chi connectivity index (χ4n) is 6.80. The molecule has 2 atom stereocenters. The van der Waals surface area contributed by atoms with E-state index in [1.54, 1.807) is 0 Å². The molecule has 0 amide bonds. The standard InChI is InChI=1S/C41H73NO2/c1-5-7-9-11-13-15-17-19-20-21-23-25-27-29-31-33-40-39(43-41(44-40)36-34-38(35-37-41)42(3)4)32-30-28-26-24-22-18-16-14-12-10-8-6-2/h13-16,19-20,22,24,38-40H,5-12,17-18,21,23,25-37H2,1-4H3/b15-13-,16-14-,20-19-,24-22-. The third-order valence-electron chi connectivity index (χ3n) is 9.72. The molecule has 0 aromatic carbocycles. The van der Waals surface area contributed by atoms with E-state index in [1.807, 2.05) is 0 Å². The molecule has 3 nitrogen and oxygen atoms in total. The van der Waals surface area contributed by atoms with E-state index in [1.165, 1.54) is 128 Å². The van der Waals surface area contributed by atoms with Crippen molar-refractivity contribution in [3.8, 4) is 0 Å². The number of hydrogen-bond acceptors (Lipinski definition) is 3. The van der Waals surface area contributed by atoms with Crippen LogP contribution in [0.1, 0.15) is 174 Å². The van der Waals surface area contributed by atoms with Crippen LogP contribution in [-0.4, -0.2) is 43.0 Å². The van der Waals surface area contributed by atoms with Gasteiger partial charge in [-0.15, -0.1) is 0 Å². The van der Waals surface area contributed by atoms with Gasteiger partial charge in [-0.25, -0.2) is 0 Å². The molecule has 0 aromatic rings. The molecule has 1 saturated carbocycles. The van der Waals surface area contributed by atoms with Crippen molar-refractivity contribution in [3.63, 3.8) is 0 Å². The van der Waals surface area contributed by atoms with Gasteiger partial charge >= 0.3 is 0 Å².